The predicted molar refractivity (Wildman–Crippen MR) is 84.2 cm³/mol. The summed E-state index contributed by atoms with van der Waals surface area (Å²) in [6, 6.07) is 0. The summed E-state index contributed by atoms with van der Waals surface area (Å²) in [6.45, 7) is 7.67. The first-order valence-electron chi connectivity index (χ1n) is 8.77. The largest absolute Gasteiger partial charge is 0.376 e. The highest BCUT2D eigenvalue weighted by Crippen LogP contribution is 2.35. The lowest BCUT2D eigenvalue weighted by Crippen LogP contribution is -2.47. The Morgan fingerprint density at radius 1 is 1.35 bits per heavy atom. The molecule has 126 valence electrons. The van der Waals surface area contributed by atoms with Gasteiger partial charge in [0.15, 0.2) is 0 Å². The van der Waals surface area contributed by atoms with Crippen LogP contribution < -0.4 is 0 Å². The molecule has 1 amide bonds. The lowest BCUT2D eigenvalue weighted by molar-refractivity contribution is 0.0435. The smallest absolute Gasteiger partial charge is 0.259 e. The van der Waals surface area contributed by atoms with Gasteiger partial charge in [-0.25, -0.2) is 0 Å². The number of carbonyl (C=O) groups excluding carboxylic acids is 1. The molecule has 4 heterocycles. The quantitative estimate of drug-likeness (QED) is 0.846. The fourth-order valence-electron chi connectivity index (χ4n) is 4.30. The number of carbonyl (C=O) groups is 1. The zero-order valence-corrected chi connectivity index (χ0v) is 13.7. The van der Waals surface area contributed by atoms with Crippen molar-refractivity contribution >= 4 is 5.91 Å². The number of fused-ring (bicyclic) bond motifs is 1. The van der Waals surface area contributed by atoms with Gasteiger partial charge in [0.2, 0.25) is 0 Å². The Balaban J connectivity index is 1.43. The predicted octanol–water partition coefficient (Wildman–Crippen LogP) is 1.56. The summed E-state index contributed by atoms with van der Waals surface area (Å²) in [4.78, 5) is 17.2. The summed E-state index contributed by atoms with van der Waals surface area (Å²) in [7, 11) is 0. The third-order valence-electron chi connectivity index (χ3n) is 5.71. The number of ether oxygens (including phenoxy) is 1. The summed E-state index contributed by atoms with van der Waals surface area (Å²) in [5.41, 5.74) is 0.596. The lowest BCUT2D eigenvalue weighted by atomic mass is 9.84. The molecule has 0 unspecified atom stereocenters. The van der Waals surface area contributed by atoms with Crippen LogP contribution in [0.2, 0.25) is 0 Å². The molecule has 0 aromatic carbocycles. The van der Waals surface area contributed by atoms with Gasteiger partial charge in [0.25, 0.3) is 5.91 Å². The first-order chi connectivity index (χ1) is 11.2. The van der Waals surface area contributed by atoms with Crippen molar-refractivity contribution in [3.63, 3.8) is 0 Å². The van der Waals surface area contributed by atoms with Gasteiger partial charge in [-0.3, -0.25) is 4.79 Å². The molecule has 0 aliphatic carbocycles. The van der Waals surface area contributed by atoms with E-state index in [1.807, 2.05) is 4.90 Å². The molecular weight excluding hydrogens is 294 g/mol. The zero-order valence-electron chi connectivity index (χ0n) is 13.7. The van der Waals surface area contributed by atoms with Crippen molar-refractivity contribution in [3.05, 3.63) is 17.5 Å². The van der Waals surface area contributed by atoms with E-state index in [4.69, 9.17) is 9.26 Å². The normalized spacial score (nSPS) is 31.5. The van der Waals surface area contributed by atoms with Gasteiger partial charge in [-0.15, -0.1) is 0 Å². The molecule has 4 rings (SSSR count). The second kappa shape index (κ2) is 6.24. The van der Waals surface area contributed by atoms with E-state index in [1.165, 1.54) is 32.1 Å². The number of aromatic nitrogens is 1. The molecule has 1 aromatic heterocycles. The summed E-state index contributed by atoms with van der Waals surface area (Å²) < 4.78 is 11.1. The summed E-state index contributed by atoms with van der Waals surface area (Å²) >= 11 is 0. The topological polar surface area (TPSA) is 58.8 Å². The van der Waals surface area contributed by atoms with Crippen molar-refractivity contribution in [1.82, 2.24) is 15.0 Å². The average Bonchev–Trinajstić information content (AvgIpc) is 3.29. The molecule has 0 N–H and O–H groups in total. The lowest BCUT2D eigenvalue weighted by Gasteiger charge is -2.36. The highest BCUT2D eigenvalue weighted by atomic mass is 16.5. The molecule has 0 bridgehead atoms. The average molecular weight is 319 g/mol. The summed E-state index contributed by atoms with van der Waals surface area (Å²) in [5.74, 6) is 1.73. The van der Waals surface area contributed by atoms with E-state index in [0.717, 1.165) is 32.7 Å². The number of nitrogens with zero attached hydrogens (tertiary/aromatic N) is 3. The van der Waals surface area contributed by atoms with Crippen LogP contribution >= 0.6 is 0 Å². The third-order valence-corrected chi connectivity index (χ3v) is 5.71. The van der Waals surface area contributed by atoms with E-state index < -0.39 is 0 Å². The van der Waals surface area contributed by atoms with E-state index in [1.54, 1.807) is 6.92 Å². The standard InChI is InChI=1S/C17H25N3O3/c1-12-14(8-18-23-12)17(21)20-7-4-13-11-22-16(15(13)9-20)10-19-5-2-3-6-19/h8,13,15-16H,2-7,9-11H2,1H3/t13-,15-,16+/m0/s1. The van der Waals surface area contributed by atoms with Crippen molar-refractivity contribution in [1.29, 1.82) is 0 Å². The van der Waals surface area contributed by atoms with Crippen LogP contribution in [0.3, 0.4) is 0 Å². The highest BCUT2D eigenvalue weighted by Gasteiger charge is 2.43. The maximum absolute atomic E-state index is 12.7. The minimum atomic E-state index is 0.0500. The number of hydrogen-bond donors (Lipinski definition) is 0. The third kappa shape index (κ3) is 2.90. The zero-order chi connectivity index (χ0) is 15.8. The maximum atomic E-state index is 12.7. The van der Waals surface area contributed by atoms with Crippen LogP contribution in [-0.4, -0.2) is 66.3 Å². The summed E-state index contributed by atoms with van der Waals surface area (Å²) in [6.07, 6.45) is 5.46. The van der Waals surface area contributed by atoms with Gasteiger partial charge in [0, 0.05) is 25.6 Å². The first-order valence-corrected chi connectivity index (χ1v) is 8.77. The Morgan fingerprint density at radius 3 is 2.91 bits per heavy atom. The van der Waals surface area contributed by atoms with Crippen LogP contribution in [-0.2, 0) is 4.74 Å². The van der Waals surface area contributed by atoms with Crippen molar-refractivity contribution < 1.29 is 14.1 Å². The van der Waals surface area contributed by atoms with E-state index in [-0.39, 0.29) is 12.0 Å². The van der Waals surface area contributed by atoms with Crippen LogP contribution in [0.5, 0.6) is 0 Å². The SMILES string of the molecule is Cc1oncc1C(=O)N1CC[C@H]2CO[C@H](CN3CCCC3)[C@H]2C1. The number of piperidine rings is 1. The minimum Gasteiger partial charge on any atom is -0.376 e. The monoisotopic (exact) mass is 319 g/mol. The Hall–Kier alpha value is -1.40. The first kappa shape index (κ1) is 15.1. The molecule has 3 atom stereocenters. The highest BCUT2D eigenvalue weighted by molar-refractivity contribution is 5.94. The molecular formula is C17H25N3O3. The number of amides is 1. The molecule has 3 aliphatic heterocycles. The van der Waals surface area contributed by atoms with Gasteiger partial charge in [0.05, 0.1) is 18.9 Å². The molecule has 6 nitrogen and oxygen atoms in total. The number of rotatable bonds is 3. The second-order valence-electron chi connectivity index (χ2n) is 7.14. The van der Waals surface area contributed by atoms with Gasteiger partial charge in [-0.05, 0) is 45.2 Å². The van der Waals surface area contributed by atoms with E-state index in [0.29, 0.717) is 23.2 Å². The van der Waals surface area contributed by atoms with Gasteiger partial charge in [-0.2, -0.15) is 0 Å². The molecule has 1 aromatic rings. The van der Waals surface area contributed by atoms with E-state index in [9.17, 15) is 4.79 Å². The van der Waals surface area contributed by atoms with Gasteiger partial charge >= 0.3 is 0 Å². The number of hydrogen-bond acceptors (Lipinski definition) is 5. The van der Waals surface area contributed by atoms with Crippen molar-refractivity contribution in [2.24, 2.45) is 11.8 Å². The Bertz CT molecular complexity index is 567. The molecule has 0 radical (unpaired) electrons. The van der Waals surface area contributed by atoms with Gasteiger partial charge in [-0.1, -0.05) is 5.16 Å². The van der Waals surface area contributed by atoms with Crippen LogP contribution in [0.4, 0.5) is 0 Å². The number of likely N-dealkylation sites (tertiary alicyclic amines) is 2. The number of aryl methyl sites for hydroxylation is 1. The molecule has 0 spiro atoms. The maximum Gasteiger partial charge on any atom is 0.259 e. The van der Waals surface area contributed by atoms with Crippen LogP contribution in [0, 0.1) is 18.8 Å². The van der Waals surface area contributed by atoms with Crippen LogP contribution in [0.1, 0.15) is 35.4 Å². The molecule has 0 saturated carbocycles. The summed E-state index contributed by atoms with van der Waals surface area (Å²) in [5, 5.41) is 3.73. The van der Waals surface area contributed by atoms with Crippen molar-refractivity contribution in [2.75, 3.05) is 39.3 Å². The van der Waals surface area contributed by atoms with Gasteiger partial charge < -0.3 is 19.1 Å². The molecule has 3 saturated heterocycles. The van der Waals surface area contributed by atoms with Gasteiger partial charge in [0.1, 0.15) is 11.3 Å². The Labute approximate surface area is 136 Å². The minimum absolute atomic E-state index is 0.0500. The van der Waals surface area contributed by atoms with E-state index >= 15 is 0 Å². The van der Waals surface area contributed by atoms with Crippen molar-refractivity contribution in [2.45, 2.75) is 32.3 Å². The molecule has 6 heteroatoms. The van der Waals surface area contributed by atoms with Crippen LogP contribution in [0.25, 0.3) is 0 Å². The molecule has 3 aliphatic rings. The molecule has 3 fully saturated rings. The fourth-order valence-corrected chi connectivity index (χ4v) is 4.30. The Kier molecular flexibility index (Phi) is 4.11. The van der Waals surface area contributed by atoms with Crippen LogP contribution in [0.15, 0.2) is 10.7 Å². The second-order valence-corrected chi connectivity index (χ2v) is 7.14. The fraction of sp³-hybridized carbons (Fsp3) is 0.765. The van der Waals surface area contributed by atoms with Crippen molar-refractivity contribution in [3.8, 4) is 0 Å². The Morgan fingerprint density at radius 2 is 2.17 bits per heavy atom. The van der Waals surface area contributed by atoms with E-state index in [2.05, 4.69) is 10.1 Å². The molecule has 23 heavy (non-hydrogen) atoms.